The zero-order valence-corrected chi connectivity index (χ0v) is 36.0. The first-order chi connectivity index (χ1) is 27.3. The molecule has 15 atom stereocenters. The van der Waals surface area contributed by atoms with Crippen molar-refractivity contribution in [3.63, 3.8) is 0 Å². The summed E-state index contributed by atoms with van der Waals surface area (Å²) in [5.74, 6) is -4.94. The highest BCUT2D eigenvalue weighted by Gasteiger charge is 2.54. The maximum atomic E-state index is 14.3. The van der Waals surface area contributed by atoms with Crippen molar-refractivity contribution in [3.05, 3.63) is 35.9 Å². The van der Waals surface area contributed by atoms with Crippen LogP contribution in [0.1, 0.15) is 87.1 Å². The molecule has 1 aromatic rings. The van der Waals surface area contributed by atoms with E-state index in [2.05, 4.69) is 5.16 Å². The van der Waals surface area contributed by atoms with Crippen LogP contribution in [-0.4, -0.2) is 138 Å². The Morgan fingerprint density at radius 3 is 2.36 bits per heavy atom. The number of esters is 2. The number of nitrogens with zero attached hydrogens (tertiary/aromatic N) is 3. The van der Waals surface area contributed by atoms with Gasteiger partial charge >= 0.3 is 11.9 Å². The maximum Gasteiger partial charge on any atom is 0.311 e. The van der Waals surface area contributed by atoms with Crippen LogP contribution in [0.15, 0.2) is 40.5 Å². The lowest BCUT2D eigenvalue weighted by Gasteiger charge is -2.49. The van der Waals surface area contributed by atoms with Gasteiger partial charge < -0.3 is 48.4 Å². The Kier molecular flexibility index (Phi) is 15.0. The average Bonchev–Trinajstić information content (AvgIpc) is 3.19. The van der Waals surface area contributed by atoms with E-state index in [-0.39, 0.29) is 50.3 Å². The van der Waals surface area contributed by atoms with Crippen LogP contribution >= 0.6 is 0 Å². The van der Waals surface area contributed by atoms with Gasteiger partial charge in [-0.25, -0.2) is 4.99 Å². The van der Waals surface area contributed by atoms with Gasteiger partial charge in [-0.05, 0) is 72.5 Å². The van der Waals surface area contributed by atoms with Gasteiger partial charge in [-0.3, -0.25) is 14.4 Å². The van der Waals surface area contributed by atoms with Crippen LogP contribution in [0, 0.1) is 23.7 Å². The summed E-state index contributed by atoms with van der Waals surface area (Å²) >= 11 is 0. The first-order valence-corrected chi connectivity index (χ1v) is 20.7. The smallest absolute Gasteiger partial charge is 0.311 e. The number of aliphatic hydroxyl groups excluding tert-OH is 1. The Bertz CT molecular complexity index is 1650. The van der Waals surface area contributed by atoms with Crippen LogP contribution in [0.2, 0.25) is 0 Å². The van der Waals surface area contributed by atoms with E-state index in [0.717, 1.165) is 5.56 Å². The second-order valence-corrected chi connectivity index (χ2v) is 17.5. The van der Waals surface area contributed by atoms with Crippen LogP contribution < -0.4 is 0 Å². The molecule has 2 N–H and O–H groups in total. The molecule has 0 spiro atoms. The van der Waals surface area contributed by atoms with Gasteiger partial charge in [0.25, 0.3) is 5.91 Å². The van der Waals surface area contributed by atoms with Crippen LogP contribution in [-0.2, 0) is 54.1 Å². The Morgan fingerprint density at radius 1 is 1.03 bits per heavy atom. The number of hydrogen-bond donors (Lipinski definition) is 2. The molecule has 15 heteroatoms. The molecular formula is C43H65N3O12. The molecule has 4 aliphatic heterocycles. The summed E-state index contributed by atoms with van der Waals surface area (Å²) in [7, 11) is 3.79. The van der Waals surface area contributed by atoms with Crippen molar-refractivity contribution in [2.45, 2.75) is 154 Å². The third-order valence-corrected chi connectivity index (χ3v) is 12.4. The number of aliphatic hydroxyl groups is 2. The van der Waals surface area contributed by atoms with E-state index in [1.54, 1.807) is 27.7 Å². The summed E-state index contributed by atoms with van der Waals surface area (Å²) < 4.78 is 38.9. The lowest BCUT2D eigenvalue weighted by molar-refractivity contribution is -0.304. The van der Waals surface area contributed by atoms with Crippen molar-refractivity contribution in [3.8, 4) is 0 Å². The number of carbonyl (C=O) groups excluding carboxylic acids is 3. The number of cyclic esters (lactones) is 1. The third-order valence-electron chi connectivity index (χ3n) is 12.4. The molecule has 4 bridgehead atoms. The van der Waals surface area contributed by atoms with Gasteiger partial charge in [0.1, 0.15) is 17.4 Å². The fraction of sp³-hybridized carbons (Fsp3) is 0.744. The molecule has 58 heavy (non-hydrogen) atoms. The van der Waals surface area contributed by atoms with Gasteiger partial charge in [-0.15, -0.1) is 0 Å². The maximum absolute atomic E-state index is 14.3. The Balaban J connectivity index is 1.71. The van der Waals surface area contributed by atoms with Gasteiger partial charge in [-0.2, -0.15) is 0 Å². The number of benzene rings is 1. The highest BCUT2D eigenvalue weighted by Crippen LogP contribution is 2.41. The molecule has 3 saturated heterocycles. The zero-order valence-electron chi connectivity index (χ0n) is 36.0. The highest BCUT2D eigenvalue weighted by atomic mass is 16.7. The minimum Gasteiger partial charge on any atom is -0.459 e. The zero-order chi connectivity index (χ0) is 42.7. The monoisotopic (exact) mass is 815 g/mol. The number of hydrogen-bond acceptors (Lipinski definition) is 14. The normalized spacial score (nSPS) is 41.5. The van der Waals surface area contributed by atoms with E-state index in [1.807, 2.05) is 77.0 Å². The van der Waals surface area contributed by atoms with Crippen LogP contribution in [0.4, 0.5) is 0 Å². The number of amides is 1. The van der Waals surface area contributed by atoms with Crippen molar-refractivity contribution in [2.24, 2.45) is 33.8 Å². The number of carbonyl (C=O) groups is 3. The van der Waals surface area contributed by atoms with Gasteiger partial charge in [0.15, 0.2) is 12.4 Å². The predicted octanol–water partition coefficient (Wildman–Crippen LogP) is 3.89. The quantitative estimate of drug-likeness (QED) is 0.379. The Hall–Kier alpha value is -3.31. The van der Waals surface area contributed by atoms with Crippen molar-refractivity contribution in [1.82, 2.24) is 4.90 Å². The summed E-state index contributed by atoms with van der Waals surface area (Å²) in [6.07, 6.45) is -6.71. The standard InChI is InChI=1S/C43H65N3O12/c1-12-33-43(9,51)38-25(4)34-23(2)20-42(8,53-22-30(21-52-38)45-58-32(39(49)44-34)19-29-16-14-13-15-17-29)37(26(5)35(48)27(6)40(50)56-33)57-41-36(55-28(7)47)31(46(10)11)18-24(3)54-41/h13-17,23-27,31-33,35-38,41,48,51H,12,18-22H2,1-11H3/b44-34?,45-30+/t23-,24-,25-,26+,27-,31+,32-,33-,35+,36-,37-,38+,41+,42-,43-/m1/s1. The number of aliphatic imine (C=N–C) groups is 1. The van der Waals surface area contributed by atoms with Crippen molar-refractivity contribution in [2.75, 3.05) is 27.3 Å². The Morgan fingerprint density at radius 2 is 1.72 bits per heavy atom. The van der Waals surface area contributed by atoms with E-state index >= 15 is 0 Å². The van der Waals surface area contributed by atoms with Crippen molar-refractivity contribution < 1.29 is 57.9 Å². The number of ether oxygens (including phenoxy) is 6. The summed E-state index contributed by atoms with van der Waals surface area (Å²) in [6.45, 7) is 15.2. The second kappa shape index (κ2) is 18.9. The van der Waals surface area contributed by atoms with Crippen molar-refractivity contribution in [1.29, 1.82) is 0 Å². The summed E-state index contributed by atoms with van der Waals surface area (Å²) in [6, 6.07) is 9.16. The minimum atomic E-state index is -1.80. The SMILES string of the molecule is CC[C@H]1OC(=O)[C@H](C)[C@@H](O)[C@H](C)[C@@H](O[C@@H]2O[C@H](C)C[C@H](N(C)C)[C@H]2OC(C)=O)[C@@]2(C)C[C@@H](C)C3=NC(=O)[C@@H](Cc4ccccc4)O/N=C(\CO[C@@H]([C@@H]3C)[C@]1(C)O)CO2. The average molecular weight is 816 g/mol. The number of fused-ring (bicyclic) bond motifs is 4. The lowest BCUT2D eigenvalue weighted by atomic mass is 9.73. The lowest BCUT2D eigenvalue weighted by Crippen LogP contribution is -2.61. The third kappa shape index (κ3) is 10.2. The second-order valence-electron chi connectivity index (χ2n) is 17.5. The van der Waals surface area contributed by atoms with Crippen LogP contribution in [0.5, 0.6) is 0 Å². The first-order valence-electron chi connectivity index (χ1n) is 20.7. The topological polar surface area (TPSA) is 184 Å². The predicted molar refractivity (Wildman–Crippen MR) is 214 cm³/mol. The Labute approximate surface area is 342 Å². The molecule has 0 aliphatic carbocycles. The molecule has 0 saturated carbocycles. The van der Waals surface area contributed by atoms with E-state index in [4.69, 9.17) is 38.3 Å². The number of rotatable bonds is 7. The molecule has 1 amide bonds. The summed E-state index contributed by atoms with van der Waals surface area (Å²) in [5.41, 5.74) is -1.59. The van der Waals surface area contributed by atoms with E-state index in [1.165, 1.54) is 6.92 Å². The number of likely N-dealkylation sites (N-methyl/N-ethyl adjacent to an activating group) is 1. The van der Waals surface area contributed by atoms with Crippen molar-refractivity contribution >= 4 is 29.3 Å². The molecule has 0 radical (unpaired) electrons. The van der Waals surface area contributed by atoms with E-state index in [0.29, 0.717) is 12.1 Å². The molecule has 0 aromatic heterocycles. The molecule has 0 unspecified atom stereocenters. The first kappa shape index (κ1) is 45.8. The summed E-state index contributed by atoms with van der Waals surface area (Å²) in [4.78, 5) is 53.6. The minimum absolute atomic E-state index is 0.161. The van der Waals surface area contributed by atoms with E-state index in [9.17, 15) is 24.6 Å². The molecule has 324 valence electrons. The fourth-order valence-corrected chi connectivity index (χ4v) is 9.21. The number of oxime groups is 1. The molecule has 3 fully saturated rings. The highest BCUT2D eigenvalue weighted by molar-refractivity contribution is 6.00. The molecule has 4 heterocycles. The molecule has 1 aromatic carbocycles. The molecular weight excluding hydrogens is 750 g/mol. The van der Waals surface area contributed by atoms with Crippen LogP contribution in [0.25, 0.3) is 0 Å². The van der Waals surface area contributed by atoms with Gasteiger partial charge in [0.2, 0.25) is 6.10 Å². The van der Waals surface area contributed by atoms with Crippen LogP contribution in [0.3, 0.4) is 0 Å². The van der Waals surface area contributed by atoms with Gasteiger partial charge in [-0.1, -0.05) is 63.2 Å². The molecule has 5 rings (SSSR count). The molecule has 15 nitrogen and oxygen atoms in total. The van der Waals surface area contributed by atoms with Gasteiger partial charge in [0, 0.05) is 30.9 Å². The van der Waals surface area contributed by atoms with Gasteiger partial charge in [0.05, 0.1) is 55.2 Å². The summed E-state index contributed by atoms with van der Waals surface area (Å²) in [5, 5.41) is 29.0. The largest absolute Gasteiger partial charge is 0.459 e. The molecule has 4 aliphatic rings. The van der Waals surface area contributed by atoms with E-state index < -0.39 is 95.6 Å². The fourth-order valence-electron chi connectivity index (χ4n) is 9.21.